The summed E-state index contributed by atoms with van der Waals surface area (Å²) in [5.74, 6) is 0. The zero-order chi connectivity index (χ0) is 17.3. The molecule has 4 nitrogen and oxygen atoms in total. The third kappa shape index (κ3) is 16.7. The fraction of sp³-hybridized carbons (Fsp3) is 0.938. The summed E-state index contributed by atoms with van der Waals surface area (Å²) in [5.41, 5.74) is 0. The molecule has 1 heterocycles. The summed E-state index contributed by atoms with van der Waals surface area (Å²) in [6.07, 6.45) is -1.41. The van der Waals surface area contributed by atoms with E-state index < -0.39 is 12.2 Å². The summed E-state index contributed by atoms with van der Waals surface area (Å²) in [5, 5.41) is 3.40. The molecule has 0 aromatic heterocycles. The van der Waals surface area contributed by atoms with Crippen LogP contribution in [0.15, 0.2) is 0 Å². The Labute approximate surface area is 196 Å². The topological polar surface area (TPSA) is 21.8 Å². The number of hydrogen-bond donors (Lipinski definition) is 1. The second kappa shape index (κ2) is 19.2. The second-order valence-corrected chi connectivity index (χ2v) is 6.53. The molecule has 0 aromatic carbocycles. The first-order valence-corrected chi connectivity index (χ1v) is 8.52. The molecule has 0 spiro atoms. The van der Waals surface area contributed by atoms with Crippen molar-refractivity contribution in [2.45, 2.75) is 31.9 Å². The molecule has 1 N–H and O–H groups in total. The fourth-order valence-corrected chi connectivity index (χ4v) is 2.86. The van der Waals surface area contributed by atoms with Crippen molar-refractivity contribution in [1.82, 2.24) is 20.0 Å². The van der Waals surface area contributed by atoms with Crippen LogP contribution in [0.2, 0.25) is 0 Å². The van der Waals surface area contributed by atoms with Crippen LogP contribution in [0.25, 0.3) is 0 Å². The van der Waals surface area contributed by atoms with Crippen molar-refractivity contribution in [2.24, 2.45) is 0 Å². The summed E-state index contributed by atoms with van der Waals surface area (Å²) in [4.78, 5) is 5.58. The number of nitrogens with one attached hydrogen (secondary N) is 1. The van der Waals surface area contributed by atoms with Gasteiger partial charge < -0.3 is 57.2 Å². The molecule has 0 aliphatic carbocycles. The molecule has 0 atom stereocenters. The van der Waals surface area contributed by atoms with Gasteiger partial charge in [0.15, 0.2) is 0 Å². The van der Waals surface area contributed by atoms with Crippen LogP contribution in [-0.2, 0) is 21.7 Å². The van der Waals surface area contributed by atoms with Crippen LogP contribution >= 0.6 is 0 Å². The number of nitrogens with zero attached hydrogens (tertiary/aromatic N) is 3. The van der Waals surface area contributed by atoms with Gasteiger partial charge in [-0.3, -0.25) is 0 Å². The molecule has 0 unspecified atom stereocenters. The van der Waals surface area contributed by atoms with Gasteiger partial charge in [0.05, 0.1) is 0 Å². The third-order valence-corrected chi connectivity index (χ3v) is 4.34. The normalized spacial score (nSPS) is 21.1. The molecule has 162 valence electrons. The van der Waals surface area contributed by atoms with Crippen LogP contribution in [0.3, 0.4) is 0 Å². The minimum absolute atomic E-state index is 0. The van der Waals surface area contributed by atoms with Gasteiger partial charge in [0.1, 0.15) is 0 Å². The predicted molar refractivity (Wildman–Crippen MR) is 88.3 cm³/mol. The van der Waals surface area contributed by atoms with Crippen molar-refractivity contribution in [3.8, 4) is 0 Å². The van der Waals surface area contributed by atoms with Crippen molar-refractivity contribution >= 4 is 0 Å². The van der Waals surface area contributed by atoms with Crippen LogP contribution in [0.4, 0.5) is 13.2 Å². The number of halogens is 6. The monoisotopic (exact) mass is 490 g/mol. The van der Waals surface area contributed by atoms with Crippen molar-refractivity contribution in [1.29, 1.82) is 0 Å². The van der Waals surface area contributed by atoms with Gasteiger partial charge in [-0.2, -0.15) is 0 Å². The number of alkyl halides is 3. The Bertz CT molecular complexity index is 332. The van der Waals surface area contributed by atoms with E-state index in [-0.39, 0.29) is 65.4 Å². The molecule has 0 amide bonds. The summed E-state index contributed by atoms with van der Waals surface area (Å²) in [7, 11) is 5.49. The minimum Gasteiger partial charge on any atom is -1.00 e. The standard InChI is InChI=1S/C16H32F3N4.3ClH.Ti/c1-21-10-4-8-20-9-5-11-22(2)14-7-15(16(17,18)19)23(3)13-6-12-21;;;;/h20H,4-14H2,1-3H3;3*1H;/q-1;;;;+4/p-3. The van der Waals surface area contributed by atoms with Crippen LogP contribution in [0.5, 0.6) is 0 Å². The molecule has 1 aliphatic heterocycles. The third-order valence-electron chi connectivity index (χ3n) is 4.34. The Hall–Kier alpha value is 1.21. The molecule has 0 radical (unpaired) electrons. The van der Waals surface area contributed by atoms with Gasteiger partial charge in [0.25, 0.3) is 6.18 Å². The summed E-state index contributed by atoms with van der Waals surface area (Å²) in [6, 6.07) is -0.405. The van der Waals surface area contributed by atoms with E-state index in [4.69, 9.17) is 0 Å². The molecule has 27 heavy (non-hydrogen) atoms. The Morgan fingerprint density at radius 1 is 0.741 bits per heavy atom. The Kier molecular flexibility index (Phi) is 25.3. The zero-order valence-electron chi connectivity index (χ0n) is 16.4. The Morgan fingerprint density at radius 2 is 1.19 bits per heavy atom. The van der Waals surface area contributed by atoms with E-state index in [1.165, 1.54) is 4.90 Å². The Balaban J connectivity index is -0.000000661. The molecule has 1 aliphatic rings. The molecule has 1 fully saturated rings. The summed E-state index contributed by atoms with van der Waals surface area (Å²) >= 11 is 0. The first-order valence-electron chi connectivity index (χ1n) is 8.52. The first kappa shape index (κ1) is 35.6. The van der Waals surface area contributed by atoms with Gasteiger partial charge in [-0.15, -0.1) is 12.5 Å². The van der Waals surface area contributed by atoms with Crippen molar-refractivity contribution in [2.75, 3.05) is 67.0 Å². The fourth-order valence-electron chi connectivity index (χ4n) is 2.86. The van der Waals surface area contributed by atoms with Crippen molar-refractivity contribution < 1.29 is 72.1 Å². The average molecular weight is 492 g/mol. The first-order chi connectivity index (χ1) is 10.8. The van der Waals surface area contributed by atoms with E-state index in [0.29, 0.717) is 13.1 Å². The van der Waals surface area contributed by atoms with Crippen LogP contribution in [0, 0.1) is 6.04 Å². The van der Waals surface area contributed by atoms with Gasteiger partial charge in [-0.1, -0.05) is 0 Å². The van der Waals surface area contributed by atoms with Gasteiger partial charge in [0, 0.05) is 0 Å². The van der Waals surface area contributed by atoms with Crippen LogP contribution in [0.1, 0.15) is 25.7 Å². The Morgan fingerprint density at radius 3 is 1.67 bits per heavy atom. The summed E-state index contributed by atoms with van der Waals surface area (Å²) < 4.78 is 39.8. The number of hydrogen-bond acceptors (Lipinski definition) is 4. The SMILES string of the molecule is CN1CCCNCCCN(C)CC[C-](C(F)(F)F)N(C)CCC1.[Cl-].[Cl-].[Cl-].[Ti+4]. The van der Waals surface area contributed by atoms with E-state index in [1.807, 2.05) is 19.0 Å². The maximum Gasteiger partial charge on any atom is 4.00 e. The number of rotatable bonds is 0. The predicted octanol–water partition coefficient (Wildman–Crippen LogP) is -6.95. The van der Waals surface area contributed by atoms with Crippen molar-refractivity contribution in [3.05, 3.63) is 6.04 Å². The summed E-state index contributed by atoms with van der Waals surface area (Å²) in [6.45, 7) is 5.44. The molecule has 11 heteroatoms. The van der Waals surface area contributed by atoms with Crippen molar-refractivity contribution in [3.63, 3.8) is 0 Å². The largest absolute Gasteiger partial charge is 4.00 e. The van der Waals surface area contributed by atoms with Gasteiger partial charge in [-0.25, -0.2) is 13.2 Å². The smallest absolute Gasteiger partial charge is 1.00 e. The maximum atomic E-state index is 13.3. The molecule has 1 saturated heterocycles. The molecule has 0 saturated carbocycles. The molecule has 1 rings (SSSR count). The van der Waals surface area contributed by atoms with Crippen LogP contribution < -0.4 is 42.5 Å². The minimum atomic E-state index is -4.24. The van der Waals surface area contributed by atoms with E-state index in [2.05, 4.69) is 10.2 Å². The zero-order valence-corrected chi connectivity index (χ0v) is 20.2. The van der Waals surface area contributed by atoms with Gasteiger partial charge >= 0.3 is 21.7 Å². The van der Waals surface area contributed by atoms with E-state index >= 15 is 0 Å². The molecular formula is C16H32Cl3F3N4Ti. The molecular weight excluding hydrogens is 459 g/mol. The average Bonchev–Trinajstić information content (AvgIpc) is 2.44. The molecule has 0 bridgehead atoms. The van der Waals surface area contributed by atoms with Gasteiger partial charge in [0.2, 0.25) is 0 Å². The van der Waals surface area contributed by atoms with E-state index in [0.717, 1.165) is 52.0 Å². The van der Waals surface area contributed by atoms with Crippen LogP contribution in [-0.4, -0.2) is 87.8 Å². The molecule has 0 aromatic rings. The van der Waals surface area contributed by atoms with Gasteiger partial charge in [-0.05, 0) is 86.2 Å². The van der Waals surface area contributed by atoms with E-state index in [9.17, 15) is 13.2 Å². The van der Waals surface area contributed by atoms with E-state index in [1.54, 1.807) is 7.05 Å². The maximum absolute atomic E-state index is 13.3. The quantitative estimate of drug-likeness (QED) is 0.269. The second-order valence-electron chi connectivity index (χ2n) is 6.53.